The molecule has 152 valence electrons. The molecule has 0 aromatic heterocycles. The van der Waals surface area contributed by atoms with Crippen LogP contribution in [0.2, 0.25) is 0 Å². The number of carboxylic acid groups (broad SMARTS) is 1. The van der Waals surface area contributed by atoms with Crippen LogP contribution in [0, 0.1) is 5.92 Å². The zero-order chi connectivity index (χ0) is 20.4. The Balaban J connectivity index is 1.47. The Morgan fingerprint density at radius 3 is 2.31 bits per heavy atom. The minimum Gasteiger partial charge on any atom is -0.481 e. The highest BCUT2D eigenvalue weighted by Crippen LogP contribution is 2.44. The number of aliphatic carboxylic acids is 1. The zero-order valence-corrected chi connectivity index (χ0v) is 17.2. The molecular formula is C23H25NO4S. The summed E-state index contributed by atoms with van der Waals surface area (Å²) in [6.45, 7) is 2.04. The van der Waals surface area contributed by atoms with Crippen molar-refractivity contribution in [1.29, 1.82) is 0 Å². The molecule has 1 fully saturated rings. The van der Waals surface area contributed by atoms with Crippen LogP contribution < -0.4 is 5.32 Å². The number of benzene rings is 2. The molecule has 1 amide bonds. The van der Waals surface area contributed by atoms with E-state index in [0.29, 0.717) is 0 Å². The summed E-state index contributed by atoms with van der Waals surface area (Å²) in [6.07, 6.45) is 0.244. The minimum atomic E-state index is -0.914. The fraction of sp³-hybridized carbons (Fsp3) is 0.391. The van der Waals surface area contributed by atoms with Crippen LogP contribution in [0.3, 0.4) is 0 Å². The van der Waals surface area contributed by atoms with Crippen molar-refractivity contribution in [3.8, 4) is 11.1 Å². The minimum absolute atomic E-state index is 0.0130. The first-order valence-corrected chi connectivity index (χ1v) is 11.1. The summed E-state index contributed by atoms with van der Waals surface area (Å²) < 4.78 is 5.63. The first kappa shape index (κ1) is 19.8. The Labute approximate surface area is 174 Å². The van der Waals surface area contributed by atoms with E-state index in [1.54, 1.807) is 11.8 Å². The summed E-state index contributed by atoms with van der Waals surface area (Å²) in [6, 6.07) is 16.4. The van der Waals surface area contributed by atoms with Crippen LogP contribution in [0.4, 0.5) is 4.79 Å². The van der Waals surface area contributed by atoms with E-state index in [9.17, 15) is 14.7 Å². The number of alkyl carbamates (subject to hydrolysis) is 1. The molecular weight excluding hydrogens is 386 g/mol. The number of amides is 1. The largest absolute Gasteiger partial charge is 0.481 e. The fourth-order valence-corrected chi connectivity index (χ4v) is 5.95. The first-order valence-electron chi connectivity index (χ1n) is 9.90. The molecule has 0 spiro atoms. The van der Waals surface area contributed by atoms with Crippen LogP contribution in [-0.4, -0.2) is 40.8 Å². The highest BCUT2D eigenvalue weighted by atomic mass is 32.2. The molecule has 2 aromatic rings. The smallest absolute Gasteiger partial charge is 0.407 e. The van der Waals surface area contributed by atoms with Gasteiger partial charge in [-0.2, -0.15) is 11.8 Å². The maximum atomic E-state index is 12.6. The van der Waals surface area contributed by atoms with Gasteiger partial charge in [-0.25, -0.2) is 4.79 Å². The molecule has 2 N–H and O–H groups in total. The van der Waals surface area contributed by atoms with E-state index in [1.165, 1.54) is 11.1 Å². The molecule has 0 saturated carbocycles. The second-order valence-corrected chi connectivity index (χ2v) is 9.15. The SMILES string of the molecule is CC(CC(=O)O)(NC(=O)OCC1c2ccccc2-c2ccccc21)C1CCSC1. The summed E-state index contributed by atoms with van der Waals surface area (Å²) in [7, 11) is 0. The lowest BCUT2D eigenvalue weighted by atomic mass is 9.82. The highest BCUT2D eigenvalue weighted by Gasteiger charge is 2.40. The van der Waals surface area contributed by atoms with Crippen molar-refractivity contribution in [2.45, 2.75) is 31.2 Å². The van der Waals surface area contributed by atoms with Crippen LogP contribution in [-0.2, 0) is 9.53 Å². The molecule has 4 rings (SSSR count). The molecule has 2 aromatic carbocycles. The van der Waals surface area contributed by atoms with Gasteiger partial charge in [0.1, 0.15) is 6.61 Å². The average molecular weight is 412 g/mol. The van der Waals surface area contributed by atoms with Crippen molar-refractivity contribution in [2.24, 2.45) is 5.92 Å². The lowest BCUT2D eigenvalue weighted by Crippen LogP contribution is -2.53. The molecule has 0 radical (unpaired) electrons. The molecule has 6 heteroatoms. The normalized spacial score (nSPS) is 19.8. The Morgan fingerprint density at radius 1 is 1.14 bits per heavy atom. The molecule has 2 aliphatic rings. The van der Waals surface area contributed by atoms with E-state index in [4.69, 9.17) is 4.74 Å². The van der Waals surface area contributed by atoms with Gasteiger partial charge in [0.05, 0.1) is 12.0 Å². The van der Waals surface area contributed by atoms with Crippen LogP contribution in [0.5, 0.6) is 0 Å². The van der Waals surface area contributed by atoms with Gasteiger partial charge < -0.3 is 15.2 Å². The summed E-state index contributed by atoms with van der Waals surface area (Å²) >= 11 is 1.80. The van der Waals surface area contributed by atoms with Crippen LogP contribution in [0.25, 0.3) is 11.1 Å². The number of carbonyl (C=O) groups is 2. The number of ether oxygens (including phenoxy) is 1. The Bertz CT molecular complexity index is 879. The predicted molar refractivity (Wildman–Crippen MR) is 114 cm³/mol. The topological polar surface area (TPSA) is 75.6 Å². The molecule has 5 nitrogen and oxygen atoms in total. The number of hydrogen-bond donors (Lipinski definition) is 2. The second-order valence-electron chi connectivity index (χ2n) is 8.00. The molecule has 1 aliphatic carbocycles. The molecule has 2 atom stereocenters. The van der Waals surface area contributed by atoms with E-state index in [2.05, 4.69) is 29.6 Å². The Morgan fingerprint density at radius 2 is 1.76 bits per heavy atom. The maximum Gasteiger partial charge on any atom is 0.407 e. The number of hydrogen-bond acceptors (Lipinski definition) is 4. The van der Waals surface area contributed by atoms with Crippen molar-refractivity contribution in [2.75, 3.05) is 18.1 Å². The molecule has 29 heavy (non-hydrogen) atoms. The van der Waals surface area contributed by atoms with Gasteiger partial charge in [-0.15, -0.1) is 0 Å². The van der Waals surface area contributed by atoms with Crippen molar-refractivity contribution in [3.05, 3.63) is 59.7 Å². The third-order valence-corrected chi connectivity index (χ3v) is 7.24. The van der Waals surface area contributed by atoms with Crippen molar-refractivity contribution < 1.29 is 19.4 Å². The van der Waals surface area contributed by atoms with Crippen LogP contribution in [0.1, 0.15) is 36.8 Å². The Hall–Kier alpha value is -2.47. The summed E-state index contributed by atoms with van der Waals surface area (Å²) in [5.41, 5.74) is 3.85. The van der Waals surface area contributed by atoms with Gasteiger partial charge in [0.15, 0.2) is 0 Å². The fourth-order valence-electron chi connectivity index (χ4n) is 4.51. The van der Waals surface area contributed by atoms with Gasteiger partial charge >= 0.3 is 12.1 Å². The van der Waals surface area contributed by atoms with E-state index < -0.39 is 17.6 Å². The number of thioether (sulfide) groups is 1. The van der Waals surface area contributed by atoms with Crippen molar-refractivity contribution in [1.82, 2.24) is 5.32 Å². The quantitative estimate of drug-likeness (QED) is 0.731. The molecule has 2 unspecified atom stereocenters. The van der Waals surface area contributed by atoms with E-state index in [-0.39, 0.29) is 24.9 Å². The first-order chi connectivity index (χ1) is 14.0. The van der Waals surface area contributed by atoms with Crippen LogP contribution >= 0.6 is 11.8 Å². The highest BCUT2D eigenvalue weighted by molar-refractivity contribution is 7.99. The van der Waals surface area contributed by atoms with E-state index in [0.717, 1.165) is 29.1 Å². The van der Waals surface area contributed by atoms with Crippen molar-refractivity contribution >= 4 is 23.8 Å². The summed E-state index contributed by atoms with van der Waals surface area (Å²) in [4.78, 5) is 24.0. The third kappa shape index (κ3) is 3.99. The number of carboxylic acids is 1. The van der Waals surface area contributed by atoms with Gasteiger partial charge in [-0.05, 0) is 53.0 Å². The van der Waals surface area contributed by atoms with E-state index in [1.807, 2.05) is 31.2 Å². The third-order valence-electron chi connectivity index (χ3n) is 6.08. The standard InChI is InChI=1S/C23H25NO4S/c1-23(12-21(25)26,15-10-11-29-14-15)24-22(27)28-13-20-18-8-4-2-6-16(18)17-7-3-5-9-19(17)20/h2-9,15,20H,10-14H2,1H3,(H,24,27)(H,25,26). The lowest BCUT2D eigenvalue weighted by molar-refractivity contribution is -0.139. The monoisotopic (exact) mass is 411 g/mol. The summed E-state index contributed by atoms with van der Waals surface area (Å²) in [5.74, 6) is 1.05. The number of carbonyl (C=O) groups excluding carboxylic acids is 1. The van der Waals surface area contributed by atoms with Gasteiger partial charge in [-0.3, -0.25) is 4.79 Å². The van der Waals surface area contributed by atoms with Gasteiger partial charge in [0.25, 0.3) is 0 Å². The van der Waals surface area contributed by atoms with Gasteiger partial charge in [0, 0.05) is 5.92 Å². The predicted octanol–water partition coefficient (Wildman–Crippen LogP) is 4.51. The number of fused-ring (bicyclic) bond motifs is 3. The number of rotatable bonds is 6. The second kappa shape index (κ2) is 8.11. The number of nitrogens with one attached hydrogen (secondary N) is 1. The summed E-state index contributed by atoms with van der Waals surface area (Å²) in [5, 5.41) is 12.2. The molecule has 0 bridgehead atoms. The molecule has 1 aliphatic heterocycles. The van der Waals surface area contributed by atoms with Gasteiger partial charge in [0.2, 0.25) is 0 Å². The zero-order valence-electron chi connectivity index (χ0n) is 16.4. The molecule has 1 heterocycles. The van der Waals surface area contributed by atoms with Crippen LogP contribution in [0.15, 0.2) is 48.5 Å². The van der Waals surface area contributed by atoms with Gasteiger partial charge in [-0.1, -0.05) is 48.5 Å². The molecule has 1 saturated heterocycles. The lowest BCUT2D eigenvalue weighted by Gasteiger charge is -2.34. The van der Waals surface area contributed by atoms with Crippen molar-refractivity contribution in [3.63, 3.8) is 0 Å². The van der Waals surface area contributed by atoms with E-state index >= 15 is 0 Å². The average Bonchev–Trinajstić information content (AvgIpc) is 3.33. The Kier molecular flexibility index (Phi) is 5.54. The maximum absolute atomic E-state index is 12.6.